The van der Waals surface area contributed by atoms with Crippen molar-refractivity contribution >= 4 is 16.9 Å². The molecular weight excluding hydrogens is 297 g/mol. The summed E-state index contributed by atoms with van der Waals surface area (Å²) in [5.74, 6) is -1.08. The number of alkyl halides is 3. The molecule has 0 radical (unpaired) electrons. The number of carboxylic acid groups (broad SMARTS) is 1. The molecule has 2 aromatic carbocycles. The summed E-state index contributed by atoms with van der Waals surface area (Å²) in [6.07, 6.45) is -2.93. The Morgan fingerprint density at radius 1 is 1.14 bits per heavy atom. The molecule has 4 nitrogen and oxygen atoms in total. The summed E-state index contributed by atoms with van der Waals surface area (Å²) in [6, 6.07) is 9.11. The minimum atomic E-state index is -4.43. The van der Waals surface area contributed by atoms with Crippen LogP contribution in [-0.4, -0.2) is 20.9 Å². The van der Waals surface area contributed by atoms with E-state index in [0.29, 0.717) is 10.9 Å². The van der Waals surface area contributed by atoms with Crippen molar-refractivity contribution < 1.29 is 23.1 Å². The Morgan fingerprint density at radius 2 is 1.91 bits per heavy atom. The topological polar surface area (TPSA) is 55.1 Å². The van der Waals surface area contributed by atoms with Crippen molar-refractivity contribution in [2.24, 2.45) is 0 Å². The third-order valence-corrected chi connectivity index (χ3v) is 3.19. The number of benzene rings is 2. The fourth-order valence-corrected chi connectivity index (χ4v) is 2.12. The summed E-state index contributed by atoms with van der Waals surface area (Å²) in [6.45, 7) is 0. The second-order valence-electron chi connectivity index (χ2n) is 4.70. The SMILES string of the molecule is O=C(O)c1ccc2nn(-c3cccc(C(F)(F)F)c3)cc2c1. The maximum Gasteiger partial charge on any atom is 0.416 e. The molecule has 0 unspecified atom stereocenters. The normalized spacial score (nSPS) is 11.8. The molecule has 0 amide bonds. The third kappa shape index (κ3) is 2.52. The Morgan fingerprint density at radius 3 is 2.59 bits per heavy atom. The van der Waals surface area contributed by atoms with Gasteiger partial charge in [0.05, 0.1) is 22.3 Å². The van der Waals surface area contributed by atoms with Gasteiger partial charge in [-0.15, -0.1) is 0 Å². The molecule has 3 aromatic rings. The molecule has 0 atom stereocenters. The summed E-state index contributed by atoms with van der Waals surface area (Å²) in [5, 5.41) is 13.6. The van der Waals surface area contributed by atoms with E-state index < -0.39 is 17.7 Å². The van der Waals surface area contributed by atoms with Crippen LogP contribution in [0, 0.1) is 0 Å². The minimum Gasteiger partial charge on any atom is -0.478 e. The lowest BCUT2D eigenvalue weighted by atomic mass is 10.1. The highest BCUT2D eigenvalue weighted by atomic mass is 19.4. The van der Waals surface area contributed by atoms with Gasteiger partial charge in [-0.1, -0.05) is 6.07 Å². The molecule has 0 aliphatic rings. The second-order valence-corrected chi connectivity index (χ2v) is 4.70. The van der Waals surface area contributed by atoms with Gasteiger partial charge in [0.25, 0.3) is 0 Å². The number of halogens is 3. The molecule has 0 fully saturated rings. The predicted molar refractivity (Wildman–Crippen MR) is 73.0 cm³/mol. The van der Waals surface area contributed by atoms with Gasteiger partial charge >= 0.3 is 12.1 Å². The molecular formula is C15H9F3N2O2. The molecule has 1 heterocycles. The van der Waals surface area contributed by atoms with Gasteiger partial charge in [0.1, 0.15) is 0 Å². The number of carbonyl (C=O) groups is 1. The Kier molecular flexibility index (Phi) is 3.13. The van der Waals surface area contributed by atoms with E-state index in [-0.39, 0.29) is 11.3 Å². The van der Waals surface area contributed by atoms with E-state index in [2.05, 4.69) is 5.10 Å². The molecule has 22 heavy (non-hydrogen) atoms. The predicted octanol–water partition coefficient (Wildman–Crippen LogP) is 3.74. The maximum absolute atomic E-state index is 12.7. The average Bonchev–Trinajstić information content (AvgIpc) is 2.89. The van der Waals surface area contributed by atoms with Crippen molar-refractivity contribution in [3.63, 3.8) is 0 Å². The molecule has 3 rings (SSSR count). The molecule has 112 valence electrons. The van der Waals surface area contributed by atoms with Crippen LogP contribution < -0.4 is 0 Å². The van der Waals surface area contributed by atoms with Gasteiger partial charge in [0, 0.05) is 11.6 Å². The van der Waals surface area contributed by atoms with Gasteiger partial charge in [-0.05, 0) is 36.4 Å². The first-order chi connectivity index (χ1) is 10.3. The lowest BCUT2D eigenvalue weighted by Gasteiger charge is -2.08. The summed E-state index contributed by atoms with van der Waals surface area (Å²) < 4.78 is 39.5. The maximum atomic E-state index is 12.7. The van der Waals surface area contributed by atoms with Gasteiger partial charge in [-0.25, -0.2) is 9.48 Å². The van der Waals surface area contributed by atoms with E-state index in [1.54, 1.807) is 0 Å². The molecule has 0 saturated carbocycles. The first-order valence-electron chi connectivity index (χ1n) is 6.25. The molecule has 1 N–H and O–H groups in total. The lowest BCUT2D eigenvalue weighted by molar-refractivity contribution is -0.137. The molecule has 7 heteroatoms. The molecule has 0 spiro atoms. The lowest BCUT2D eigenvalue weighted by Crippen LogP contribution is -2.06. The number of fused-ring (bicyclic) bond motifs is 1. The van der Waals surface area contributed by atoms with E-state index in [0.717, 1.165) is 12.1 Å². The third-order valence-electron chi connectivity index (χ3n) is 3.19. The van der Waals surface area contributed by atoms with E-state index in [1.165, 1.54) is 41.2 Å². The number of aromatic carboxylic acids is 1. The van der Waals surface area contributed by atoms with E-state index in [1.807, 2.05) is 0 Å². The Balaban J connectivity index is 2.09. The first kappa shape index (κ1) is 14.1. The quantitative estimate of drug-likeness (QED) is 0.784. The Labute approximate surface area is 122 Å². The highest BCUT2D eigenvalue weighted by Gasteiger charge is 2.30. The number of aromatic nitrogens is 2. The van der Waals surface area contributed by atoms with Gasteiger partial charge in [0.2, 0.25) is 0 Å². The van der Waals surface area contributed by atoms with Crippen LogP contribution in [0.4, 0.5) is 13.2 Å². The highest BCUT2D eigenvalue weighted by Crippen LogP contribution is 2.30. The number of hydrogen-bond acceptors (Lipinski definition) is 2. The van der Waals surface area contributed by atoms with Crippen LogP contribution in [0.15, 0.2) is 48.7 Å². The number of rotatable bonds is 2. The largest absolute Gasteiger partial charge is 0.478 e. The van der Waals surface area contributed by atoms with Crippen LogP contribution >= 0.6 is 0 Å². The summed E-state index contributed by atoms with van der Waals surface area (Å²) in [5.41, 5.74) is 0.0807. The van der Waals surface area contributed by atoms with Gasteiger partial charge in [0.15, 0.2) is 0 Å². The van der Waals surface area contributed by atoms with Gasteiger partial charge < -0.3 is 5.11 Å². The van der Waals surface area contributed by atoms with Gasteiger partial charge in [-0.2, -0.15) is 18.3 Å². The van der Waals surface area contributed by atoms with Crippen LogP contribution in [-0.2, 0) is 6.18 Å². The van der Waals surface area contributed by atoms with Crippen molar-refractivity contribution in [1.29, 1.82) is 0 Å². The van der Waals surface area contributed by atoms with E-state index >= 15 is 0 Å². The second kappa shape index (κ2) is 4.87. The molecule has 0 aliphatic carbocycles. The smallest absolute Gasteiger partial charge is 0.416 e. The van der Waals surface area contributed by atoms with Crippen LogP contribution in [0.1, 0.15) is 15.9 Å². The summed E-state index contributed by atoms with van der Waals surface area (Å²) >= 11 is 0. The molecule has 0 aliphatic heterocycles. The van der Waals surface area contributed by atoms with E-state index in [4.69, 9.17) is 5.11 Å². The van der Waals surface area contributed by atoms with Crippen molar-refractivity contribution in [1.82, 2.24) is 9.78 Å². The number of hydrogen-bond donors (Lipinski definition) is 1. The fourth-order valence-electron chi connectivity index (χ4n) is 2.12. The van der Waals surface area contributed by atoms with Crippen LogP contribution in [0.25, 0.3) is 16.6 Å². The zero-order valence-electron chi connectivity index (χ0n) is 11.0. The zero-order chi connectivity index (χ0) is 15.9. The average molecular weight is 306 g/mol. The molecule has 0 saturated heterocycles. The van der Waals surface area contributed by atoms with Crippen LogP contribution in [0.3, 0.4) is 0 Å². The van der Waals surface area contributed by atoms with E-state index in [9.17, 15) is 18.0 Å². The highest BCUT2D eigenvalue weighted by molar-refractivity contribution is 5.93. The molecule has 1 aromatic heterocycles. The van der Waals surface area contributed by atoms with Crippen molar-refractivity contribution in [3.8, 4) is 5.69 Å². The van der Waals surface area contributed by atoms with Crippen molar-refractivity contribution in [2.45, 2.75) is 6.18 Å². The van der Waals surface area contributed by atoms with Crippen LogP contribution in [0.2, 0.25) is 0 Å². The molecule has 0 bridgehead atoms. The van der Waals surface area contributed by atoms with Crippen molar-refractivity contribution in [2.75, 3.05) is 0 Å². The number of carboxylic acids is 1. The van der Waals surface area contributed by atoms with Gasteiger partial charge in [-0.3, -0.25) is 0 Å². The monoisotopic (exact) mass is 306 g/mol. The van der Waals surface area contributed by atoms with Crippen LogP contribution in [0.5, 0.6) is 0 Å². The fraction of sp³-hybridized carbons (Fsp3) is 0.0667. The Hall–Kier alpha value is -2.83. The van der Waals surface area contributed by atoms with Crippen molar-refractivity contribution in [3.05, 3.63) is 59.8 Å². The number of nitrogens with zero attached hydrogens (tertiary/aromatic N) is 2. The Bertz CT molecular complexity index is 869. The standard InChI is InChI=1S/C15H9F3N2O2/c16-15(17,18)11-2-1-3-12(7-11)20-8-10-6-9(14(21)22)4-5-13(10)19-20/h1-8H,(H,21,22). The minimum absolute atomic E-state index is 0.0936. The summed E-state index contributed by atoms with van der Waals surface area (Å²) in [4.78, 5) is 10.9. The first-order valence-corrected chi connectivity index (χ1v) is 6.25. The summed E-state index contributed by atoms with van der Waals surface area (Å²) in [7, 11) is 0. The zero-order valence-corrected chi connectivity index (χ0v) is 11.0.